The maximum atomic E-state index is 5.40. The van der Waals surface area contributed by atoms with Crippen LogP contribution in [0, 0.1) is 11.4 Å². The number of aromatic amines is 1. The molecule has 0 spiro atoms. The second kappa shape index (κ2) is 4.88. The van der Waals surface area contributed by atoms with E-state index < -0.39 is 0 Å². The highest BCUT2D eigenvalue weighted by Crippen LogP contribution is 2.31. The van der Waals surface area contributed by atoms with E-state index in [1.54, 1.807) is 0 Å². The van der Waals surface area contributed by atoms with Crippen molar-refractivity contribution in [2.45, 2.75) is 26.2 Å². The van der Waals surface area contributed by atoms with Gasteiger partial charge in [-0.05, 0) is 44.4 Å². The van der Waals surface area contributed by atoms with Crippen molar-refractivity contribution in [1.82, 2.24) is 9.66 Å². The highest BCUT2D eigenvalue weighted by atomic mass is 32.1. The van der Waals surface area contributed by atoms with Gasteiger partial charge in [0, 0.05) is 40.3 Å². The molecule has 21 heavy (non-hydrogen) atoms. The number of hydrogen-bond acceptors (Lipinski definition) is 2. The zero-order valence-electron chi connectivity index (χ0n) is 12.2. The van der Waals surface area contributed by atoms with E-state index in [2.05, 4.69) is 39.8 Å². The monoisotopic (exact) mass is 297 g/mol. The Hall–Kier alpha value is -1.81. The molecule has 4 heteroatoms. The molecule has 1 aliphatic heterocycles. The van der Waals surface area contributed by atoms with Crippen molar-refractivity contribution in [3.05, 3.63) is 40.7 Å². The number of pyridine rings is 1. The quantitative estimate of drug-likeness (QED) is 0.678. The van der Waals surface area contributed by atoms with Crippen LogP contribution in [-0.2, 0) is 0 Å². The molecule has 0 aliphatic carbocycles. The molecule has 0 unspecified atom stereocenters. The number of nitrogens with one attached hydrogen (secondary N) is 1. The van der Waals surface area contributed by atoms with Crippen LogP contribution in [0.2, 0.25) is 0 Å². The lowest BCUT2D eigenvalue weighted by Crippen LogP contribution is -2.39. The summed E-state index contributed by atoms with van der Waals surface area (Å²) in [6.45, 7) is 4.39. The molecule has 108 valence electrons. The molecule has 1 saturated heterocycles. The highest BCUT2D eigenvalue weighted by Gasteiger charge is 2.18. The van der Waals surface area contributed by atoms with Gasteiger partial charge >= 0.3 is 0 Å². The van der Waals surface area contributed by atoms with Gasteiger partial charge in [-0.2, -0.15) is 0 Å². The topological polar surface area (TPSA) is 24.0 Å². The van der Waals surface area contributed by atoms with E-state index in [0.717, 1.165) is 17.6 Å². The smallest absolute Gasteiger partial charge is 0.0898 e. The summed E-state index contributed by atoms with van der Waals surface area (Å²) < 4.78 is 3.30. The Morgan fingerprint density at radius 2 is 1.86 bits per heavy atom. The number of hydrogen-bond donors (Lipinski definition) is 1. The minimum absolute atomic E-state index is 0.908. The molecule has 0 amide bonds. The Labute approximate surface area is 129 Å². The Bertz CT molecular complexity index is 869. The molecule has 3 heterocycles. The minimum atomic E-state index is 0.908. The van der Waals surface area contributed by atoms with E-state index in [9.17, 15) is 0 Å². The molecule has 0 bridgehead atoms. The van der Waals surface area contributed by atoms with Crippen molar-refractivity contribution in [1.29, 1.82) is 0 Å². The first-order valence-electron chi connectivity index (χ1n) is 7.63. The molecule has 2 aromatic heterocycles. The van der Waals surface area contributed by atoms with E-state index in [1.807, 2.05) is 12.3 Å². The third-order valence-electron chi connectivity index (χ3n) is 4.47. The maximum Gasteiger partial charge on any atom is 0.0898 e. The first-order chi connectivity index (χ1) is 10.3. The number of aromatic nitrogens is 2. The largest absolute Gasteiger partial charge is 0.363 e. The maximum absolute atomic E-state index is 5.40. The third-order valence-corrected chi connectivity index (χ3v) is 4.73. The van der Waals surface area contributed by atoms with Gasteiger partial charge in [0.1, 0.15) is 0 Å². The second-order valence-electron chi connectivity index (χ2n) is 5.87. The predicted octanol–water partition coefficient (Wildman–Crippen LogP) is 4.28. The van der Waals surface area contributed by atoms with Gasteiger partial charge in [0.25, 0.3) is 0 Å². The Morgan fingerprint density at radius 1 is 1.05 bits per heavy atom. The van der Waals surface area contributed by atoms with Gasteiger partial charge in [-0.25, -0.2) is 0 Å². The van der Waals surface area contributed by atoms with Crippen molar-refractivity contribution < 1.29 is 0 Å². The fourth-order valence-corrected chi connectivity index (χ4v) is 3.68. The fraction of sp³-hybridized carbons (Fsp3) is 0.353. The lowest BCUT2D eigenvalue weighted by molar-refractivity contribution is 0.494. The zero-order valence-corrected chi connectivity index (χ0v) is 13.0. The van der Waals surface area contributed by atoms with Gasteiger partial charge in [0.05, 0.1) is 11.0 Å². The summed E-state index contributed by atoms with van der Waals surface area (Å²) in [5, 5.41) is 5.08. The summed E-state index contributed by atoms with van der Waals surface area (Å²) in [4.78, 5) is 3.36. The zero-order chi connectivity index (χ0) is 14.4. The number of fused-ring (bicyclic) bond motifs is 3. The molecule has 4 rings (SSSR count). The normalized spacial score (nSPS) is 16.0. The van der Waals surface area contributed by atoms with E-state index >= 15 is 0 Å². The van der Waals surface area contributed by atoms with E-state index in [0.29, 0.717) is 0 Å². The Kier molecular flexibility index (Phi) is 3.00. The van der Waals surface area contributed by atoms with E-state index in [4.69, 9.17) is 12.2 Å². The summed E-state index contributed by atoms with van der Waals surface area (Å²) in [6, 6.07) is 8.51. The molecule has 0 radical (unpaired) electrons. The highest BCUT2D eigenvalue weighted by molar-refractivity contribution is 7.71. The van der Waals surface area contributed by atoms with Crippen LogP contribution in [0.1, 0.15) is 25.0 Å². The number of rotatable bonds is 1. The number of H-pyrrole nitrogens is 1. The van der Waals surface area contributed by atoms with Gasteiger partial charge in [-0.15, -0.1) is 0 Å². The van der Waals surface area contributed by atoms with Gasteiger partial charge < -0.3 is 9.99 Å². The minimum Gasteiger partial charge on any atom is -0.363 e. The van der Waals surface area contributed by atoms with Crippen molar-refractivity contribution >= 4 is 34.0 Å². The van der Waals surface area contributed by atoms with Crippen LogP contribution in [0.5, 0.6) is 0 Å². The Balaban J connectivity index is 2.12. The van der Waals surface area contributed by atoms with Crippen LogP contribution >= 0.6 is 12.2 Å². The second-order valence-corrected chi connectivity index (χ2v) is 6.34. The SMILES string of the molecule is Cc1[nH]ccc2c3ccc(=S)cc3n(N3CCCCC3)c12. The molecule has 0 saturated carbocycles. The van der Waals surface area contributed by atoms with Crippen LogP contribution in [0.3, 0.4) is 0 Å². The summed E-state index contributed by atoms with van der Waals surface area (Å²) >= 11 is 5.40. The summed E-state index contributed by atoms with van der Waals surface area (Å²) in [5.74, 6) is 0. The van der Waals surface area contributed by atoms with Crippen molar-refractivity contribution in [2.75, 3.05) is 18.1 Å². The van der Waals surface area contributed by atoms with E-state index in [-0.39, 0.29) is 0 Å². The summed E-state index contributed by atoms with van der Waals surface area (Å²) in [5.41, 5.74) is 3.73. The van der Waals surface area contributed by atoms with Crippen molar-refractivity contribution in [3.63, 3.8) is 0 Å². The van der Waals surface area contributed by atoms with Gasteiger partial charge in [0.15, 0.2) is 0 Å². The molecule has 3 aromatic rings. The van der Waals surface area contributed by atoms with Gasteiger partial charge in [-0.3, -0.25) is 4.68 Å². The average Bonchev–Trinajstić information content (AvgIpc) is 2.83. The van der Waals surface area contributed by atoms with Crippen LogP contribution < -0.4 is 5.01 Å². The molecule has 1 aromatic carbocycles. The lowest BCUT2D eigenvalue weighted by atomic mass is 10.2. The number of aryl methyl sites for hydroxylation is 1. The van der Waals surface area contributed by atoms with Crippen LogP contribution in [0.4, 0.5) is 0 Å². The summed E-state index contributed by atoms with van der Waals surface area (Å²) in [6.07, 6.45) is 5.90. The number of piperidine rings is 1. The molecular weight excluding hydrogens is 278 g/mol. The summed E-state index contributed by atoms with van der Waals surface area (Å²) in [7, 11) is 0. The Morgan fingerprint density at radius 3 is 2.67 bits per heavy atom. The molecule has 0 atom stereocenters. The van der Waals surface area contributed by atoms with Gasteiger partial charge in [0.2, 0.25) is 0 Å². The molecule has 1 fully saturated rings. The van der Waals surface area contributed by atoms with E-state index in [1.165, 1.54) is 46.8 Å². The molecule has 1 aliphatic rings. The standard InChI is InChI=1S/C17H19N3S/c1-12-17-15(7-8-18-12)14-6-5-13(21)11-16(14)20(17)19-9-3-2-4-10-19/h5-8,11,18H,2-4,9-10H2,1H3. The number of benzene rings is 1. The van der Waals surface area contributed by atoms with Crippen LogP contribution in [0.15, 0.2) is 30.5 Å². The van der Waals surface area contributed by atoms with Crippen LogP contribution in [0.25, 0.3) is 21.8 Å². The number of nitrogens with zero attached hydrogens (tertiary/aromatic N) is 2. The van der Waals surface area contributed by atoms with Crippen molar-refractivity contribution in [3.8, 4) is 0 Å². The van der Waals surface area contributed by atoms with Gasteiger partial charge in [-0.1, -0.05) is 18.3 Å². The first kappa shape index (κ1) is 12.9. The fourth-order valence-electron chi connectivity index (χ4n) is 3.50. The third kappa shape index (κ3) is 1.97. The van der Waals surface area contributed by atoms with Crippen molar-refractivity contribution in [2.24, 2.45) is 0 Å². The first-order valence-corrected chi connectivity index (χ1v) is 8.04. The molecule has 1 N–H and O–H groups in total. The average molecular weight is 297 g/mol. The molecule has 3 nitrogen and oxygen atoms in total. The predicted molar refractivity (Wildman–Crippen MR) is 91.2 cm³/mol. The molecular formula is C17H19N3S. The lowest BCUT2D eigenvalue weighted by Gasteiger charge is -2.31. The van der Waals surface area contributed by atoms with Crippen LogP contribution in [-0.4, -0.2) is 22.7 Å².